The first-order valence-corrected chi connectivity index (χ1v) is 5.63. The van der Waals surface area contributed by atoms with Crippen molar-refractivity contribution >= 4 is 50.6 Å². The van der Waals surface area contributed by atoms with E-state index >= 15 is 0 Å². The van der Waals surface area contributed by atoms with Gasteiger partial charge in [0, 0.05) is 11.5 Å². The summed E-state index contributed by atoms with van der Waals surface area (Å²) in [6.45, 7) is 0. The Bertz CT molecular complexity index is 357. The van der Waals surface area contributed by atoms with Gasteiger partial charge in [-0.05, 0) is 22.6 Å². The van der Waals surface area contributed by atoms with Crippen LogP contribution in [-0.2, 0) is 0 Å². The number of thiazole rings is 1. The first-order chi connectivity index (χ1) is 5.75. The molecule has 2 N–H and O–H groups in total. The second kappa shape index (κ2) is 3.23. The number of halogens is 1. The molecule has 12 heavy (non-hydrogen) atoms. The van der Waals surface area contributed by atoms with E-state index in [1.54, 1.807) is 17.5 Å². The molecule has 2 aromatic rings. The summed E-state index contributed by atoms with van der Waals surface area (Å²) in [5, 5.41) is 1.31. The minimum atomic E-state index is 0.482. The number of hydrogen-bond donors (Lipinski definition) is 1. The maximum atomic E-state index is 5.44. The van der Waals surface area contributed by atoms with Gasteiger partial charge < -0.3 is 5.73 Å². The van der Waals surface area contributed by atoms with Crippen LogP contribution in [0.15, 0.2) is 6.20 Å². The molecule has 0 unspecified atom stereocenters. The third-order valence-corrected chi connectivity index (χ3v) is 3.37. The maximum Gasteiger partial charge on any atom is 0.203 e. The van der Waals surface area contributed by atoms with Crippen LogP contribution < -0.4 is 5.73 Å². The van der Waals surface area contributed by atoms with Gasteiger partial charge in [-0.15, -0.1) is 11.3 Å². The molecule has 62 valence electrons. The van der Waals surface area contributed by atoms with Crippen LogP contribution in [0.3, 0.4) is 0 Å². The Morgan fingerprint density at radius 2 is 2.33 bits per heavy atom. The van der Waals surface area contributed by atoms with Gasteiger partial charge >= 0.3 is 0 Å². The lowest BCUT2D eigenvalue weighted by atomic mass is 10.6. The molecule has 2 heterocycles. The molecule has 0 amide bonds. The van der Waals surface area contributed by atoms with Gasteiger partial charge in [-0.3, -0.25) is 0 Å². The minimum Gasteiger partial charge on any atom is -0.374 e. The van der Waals surface area contributed by atoms with Crippen LogP contribution in [0, 0.1) is 2.88 Å². The highest BCUT2D eigenvalue weighted by atomic mass is 127. The smallest absolute Gasteiger partial charge is 0.203 e. The second-order valence-electron chi connectivity index (χ2n) is 1.93. The highest BCUT2D eigenvalue weighted by Gasteiger charge is 2.07. The summed E-state index contributed by atoms with van der Waals surface area (Å²) in [6.07, 6.45) is 1.79. The number of anilines is 1. The van der Waals surface area contributed by atoms with Crippen molar-refractivity contribution in [3.63, 3.8) is 0 Å². The van der Waals surface area contributed by atoms with Crippen molar-refractivity contribution in [3.05, 3.63) is 9.08 Å². The molecular formula is C5H3IN4S2. The molecule has 0 radical (unpaired) electrons. The molecule has 0 atom stereocenters. The van der Waals surface area contributed by atoms with E-state index in [2.05, 4.69) is 36.9 Å². The maximum absolute atomic E-state index is 5.44. The van der Waals surface area contributed by atoms with Crippen molar-refractivity contribution in [2.24, 2.45) is 0 Å². The van der Waals surface area contributed by atoms with Gasteiger partial charge in [-0.25, -0.2) is 4.98 Å². The van der Waals surface area contributed by atoms with Gasteiger partial charge in [-0.2, -0.15) is 9.36 Å². The fourth-order valence-corrected chi connectivity index (χ4v) is 2.52. The van der Waals surface area contributed by atoms with Crippen molar-refractivity contribution in [1.29, 1.82) is 0 Å². The van der Waals surface area contributed by atoms with Gasteiger partial charge in [0.15, 0.2) is 10.1 Å². The van der Waals surface area contributed by atoms with Crippen LogP contribution in [0.1, 0.15) is 0 Å². The van der Waals surface area contributed by atoms with Crippen LogP contribution in [0.4, 0.5) is 5.13 Å². The average Bonchev–Trinajstić information content (AvgIpc) is 2.58. The minimum absolute atomic E-state index is 0.482. The molecule has 2 aromatic heterocycles. The molecule has 0 saturated carbocycles. The van der Waals surface area contributed by atoms with E-state index in [-0.39, 0.29) is 0 Å². The fraction of sp³-hybridized carbons (Fsp3) is 0. The van der Waals surface area contributed by atoms with Gasteiger partial charge in [0.05, 0.1) is 9.08 Å². The Hall–Kier alpha value is -0.280. The number of nitrogens with two attached hydrogens (primary N) is 1. The molecule has 0 aliphatic carbocycles. The summed E-state index contributed by atoms with van der Waals surface area (Å²) in [6, 6.07) is 0. The average molecular weight is 310 g/mol. The molecule has 2 rings (SSSR count). The fourth-order valence-electron chi connectivity index (χ4n) is 0.680. The molecule has 4 nitrogen and oxygen atoms in total. The first kappa shape index (κ1) is 8.32. The lowest BCUT2D eigenvalue weighted by molar-refractivity contribution is 1.28. The Balaban J connectivity index is 2.43. The third-order valence-electron chi connectivity index (χ3n) is 1.11. The van der Waals surface area contributed by atoms with Crippen molar-refractivity contribution < 1.29 is 0 Å². The van der Waals surface area contributed by atoms with Crippen LogP contribution >= 0.6 is 45.5 Å². The van der Waals surface area contributed by atoms with Crippen LogP contribution in [0.2, 0.25) is 0 Å². The normalized spacial score (nSPS) is 10.4. The van der Waals surface area contributed by atoms with Crippen molar-refractivity contribution in [2.45, 2.75) is 0 Å². The number of nitrogens with zero attached hydrogens (tertiary/aromatic N) is 3. The molecule has 0 aromatic carbocycles. The molecular weight excluding hydrogens is 307 g/mol. The van der Waals surface area contributed by atoms with E-state index < -0.39 is 0 Å². The number of nitrogen functional groups attached to an aromatic ring is 1. The van der Waals surface area contributed by atoms with E-state index in [1.807, 2.05) is 0 Å². The molecule has 0 bridgehead atoms. The second-order valence-corrected chi connectivity index (χ2v) is 5.63. The summed E-state index contributed by atoms with van der Waals surface area (Å²) >= 11 is 4.95. The summed E-state index contributed by atoms with van der Waals surface area (Å²) in [5.41, 5.74) is 5.44. The number of hydrogen-bond acceptors (Lipinski definition) is 6. The van der Waals surface area contributed by atoms with Crippen LogP contribution in [-0.4, -0.2) is 14.3 Å². The summed E-state index contributed by atoms with van der Waals surface area (Å²) < 4.78 is 5.17. The summed E-state index contributed by atoms with van der Waals surface area (Å²) in [4.78, 5) is 8.16. The standard InChI is InChI=1S/C5H3IN4S2/c6-2-1-8-4(11-2)3-9-5(7)12-10-3/h1H,(H2,7,9,10). The molecule has 7 heteroatoms. The van der Waals surface area contributed by atoms with Crippen molar-refractivity contribution in [2.75, 3.05) is 5.73 Å². The molecule has 0 saturated heterocycles. The monoisotopic (exact) mass is 310 g/mol. The molecule has 0 aliphatic rings. The van der Waals surface area contributed by atoms with Crippen LogP contribution in [0.5, 0.6) is 0 Å². The van der Waals surface area contributed by atoms with E-state index in [1.165, 1.54) is 11.5 Å². The Kier molecular flexibility index (Phi) is 2.24. The predicted octanol–water partition coefficient (Wildman–Crippen LogP) is 1.85. The largest absolute Gasteiger partial charge is 0.374 e. The highest BCUT2D eigenvalue weighted by molar-refractivity contribution is 14.1. The molecule has 0 aliphatic heterocycles. The Morgan fingerprint density at radius 1 is 1.50 bits per heavy atom. The predicted molar refractivity (Wildman–Crippen MR) is 58.1 cm³/mol. The van der Waals surface area contributed by atoms with E-state index in [0.717, 1.165) is 7.89 Å². The Morgan fingerprint density at radius 3 is 2.83 bits per heavy atom. The quantitative estimate of drug-likeness (QED) is 0.817. The van der Waals surface area contributed by atoms with Gasteiger partial charge in [-0.1, -0.05) is 0 Å². The zero-order valence-corrected chi connectivity index (χ0v) is 9.48. The van der Waals surface area contributed by atoms with Crippen LogP contribution in [0.25, 0.3) is 10.8 Å². The summed E-state index contributed by atoms with van der Waals surface area (Å²) in [5.74, 6) is 0.630. The van der Waals surface area contributed by atoms with Gasteiger partial charge in [0.2, 0.25) is 5.82 Å². The van der Waals surface area contributed by atoms with Gasteiger partial charge in [0.25, 0.3) is 0 Å². The zero-order chi connectivity index (χ0) is 8.55. The highest BCUT2D eigenvalue weighted by Crippen LogP contribution is 2.25. The van der Waals surface area contributed by atoms with Crippen molar-refractivity contribution in [3.8, 4) is 10.8 Å². The van der Waals surface area contributed by atoms with E-state index in [9.17, 15) is 0 Å². The SMILES string of the molecule is Nc1nc(-c2ncc(I)s2)ns1. The number of aromatic nitrogens is 3. The Labute approximate surface area is 90.2 Å². The third kappa shape index (κ3) is 1.57. The van der Waals surface area contributed by atoms with Gasteiger partial charge in [0.1, 0.15) is 0 Å². The summed E-state index contributed by atoms with van der Waals surface area (Å²) in [7, 11) is 0. The molecule has 0 fully saturated rings. The lowest BCUT2D eigenvalue weighted by Crippen LogP contribution is -1.82. The van der Waals surface area contributed by atoms with E-state index in [4.69, 9.17) is 5.73 Å². The first-order valence-electron chi connectivity index (χ1n) is 2.96. The van der Waals surface area contributed by atoms with Crippen molar-refractivity contribution in [1.82, 2.24) is 14.3 Å². The zero-order valence-electron chi connectivity index (χ0n) is 5.69. The number of rotatable bonds is 1. The lowest BCUT2D eigenvalue weighted by Gasteiger charge is -1.81. The topological polar surface area (TPSA) is 64.7 Å². The molecule has 0 spiro atoms. The van der Waals surface area contributed by atoms with E-state index in [0.29, 0.717) is 11.0 Å².